The van der Waals surface area contributed by atoms with Gasteiger partial charge in [-0.15, -0.1) is 0 Å². The van der Waals surface area contributed by atoms with Gasteiger partial charge in [-0.05, 0) is 36.1 Å². The summed E-state index contributed by atoms with van der Waals surface area (Å²) in [6.07, 6.45) is -7.84. The number of esters is 2. The zero-order valence-electron chi connectivity index (χ0n) is 28.9. The van der Waals surface area contributed by atoms with Crippen LogP contribution in [0.15, 0.2) is 35.7 Å². The Balaban J connectivity index is 1.89. The third-order valence-corrected chi connectivity index (χ3v) is 8.05. The molecule has 0 aliphatic carbocycles. The van der Waals surface area contributed by atoms with E-state index in [1.165, 1.54) is 38.1 Å². The lowest BCUT2D eigenvalue weighted by molar-refractivity contribution is -0.276. The van der Waals surface area contributed by atoms with Gasteiger partial charge in [-0.2, -0.15) is 22.0 Å². The molecule has 2 aliphatic heterocycles. The molecule has 4 amide bonds. The Bertz CT molecular complexity index is 1520. The van der Waals surface area contributed by atoms with E-state index in [4.69, 9.17) is 9.47 Å². The Morgan fingerprint density at radius 2 is 1.45 bits per heavy atom. The second kappa shape index (κ2) is 16.6. The first-order valence-corrected chi connectivity index (χ1v) is 16.1. The maximum Gasteiger partial charge on any atom is 0.461 e. The molecule has 0 aromatic heterocycles. The Kier molecular flexibility index (Phi) is 13.3. The predicted molar refractivity (Wildman–Crippen MR) is 168 cm³/mol. The van der Waals surface area contributed by atoms with Crippen molar-refractivity contribution in [1.82, 2.24) is 20.4 Å². The standard InChI is InChI=1S/C33H41F5N4O9/c1-17(2)25(39-28(45)21-7-9-22(10-8-21)31(48)41-11-13-49-14-12-41)30(47)40-29(46)24-15-23(50-19(5)43)16-42(24)26(18(3)4)27(51-20(6)44)32(34,35)33(36,37)38/h7-10,17-18,23-25H,11-16H2,1-6H3,(H,39,45)(H,40,46,47)/b27-26-/t23-,24+,25+/m1/s1. The van der Waals surface area contributed by atoms with Crippen molar-refractivity contribution in [3.63, 3.8) is 0 Å². The maximum atomic E-state index is 14.9. The van der Waals surface area contributed by atoms with Gasteiger partial charge in [-0.1, -0.05) is 27.7 Å². The van der Waals surface area contributed by atoms with Crippen LogP contribution in [0.1, 0.15) is 68.7 Å². The van der Waals surface area contributed by atoms with Crippen LogP contribution in [-0.2, 0) is 33.4 Å². The molecule has 3 rings (SSSR count). The number of allylic oxidation sites excluding steroid dienone is 2. The van der Waals surface area contributed by atoms with Crippen molar-refractivity contribution in [3.8, 4) is 0 Å². The number of halogens is 5. The molecule has 2 aliphatic rings. The molecule has 0 unspecified atom stereocenters. The van der Waals surface area contributed by atoms with E-state index in [9.17, 15) is 50.7 Å². The highest BCUT2D eigenvalue weighted by atomic mass is 19.4. The van der Waals surface area contributed by atoms with Gasteiger partial charge in [0.2, 0.25) is 17.6 Å². The maximum absolute atomic E-state index is 14.9. The Morgan fingerprint density at radius 1 is 0.882 bits per heavy atom. The number of carbonyl (C=O) groups is 6. The first-order chi connectivity index (χ1) is 23.6. The fraction of sp³-hybridized carbons (Fsp3) is 0.576. The molecule has 51 heavy (non-hydrogen) atoms. The highest BCUT2D eigenvalue weighted by molar-refractivity contribution is 6.04. The van der Waals surface area contributed by atoms with Gasteiger partial charge in [0.15, 0.2) is 0 Å². The summed E-state index contributed by atoms with van der Waals surface area (Å²) in [6, 6.07) is 2.65. The molecule has 1 aromatic rings. The average Bonchev–Trinajstić information content (AvgIpc) is 3.44. The molecule has 2 fully saturated rings. The van der Waals surface area contributed by atoms with Crippen molar-refractivity contribution in [2.75, 3.05) is 32.8 Å². The molecule has 0 saturated carbocycles. The molecule has 13 nitrogen and oxygen atoms in total. The summed E-state index contributed by atoms with van der Waals surface area (Å²) >= 11 is 0. The van der Waals surface area contributed by atoms with Crippen LogP contribution in [0.3, 0.4) is 0 Å². The van der Waals surface area contributed by atoms with Gasteiger partial charge in [-0.3, -0.25) is 34.1 Å². The molecular weight excluding hydrogens is 691 g/mol. The largest absolute Gasteiger partial charge is 0.461 e. The molecule has 0 spiro atoms. The first-order valence-electron chi connectivity index (χ1n) is 16.1. The van der Waals surface area contributed by atoms with Gasteiger partial charge in [-0.25, -0.2) is 0 Å². The van der Waals surface area contributed by atoms with E-state index in [1.807, 2.05) is 0 Å². The number of alkyl halides is 5. The van der Waals surface area contributed by atoms with E-state index < -0.39 is 96.2 Å². The van der Waals surface area contributed by atoms with Crippen LogP contribution in [0.25, 0.3) is 0 Å². The quantitative estimate of drug-likeness (QED) is 0.197. The fourth-order valence-corrected chi connectivity index (χ4v) is 5.66. The highest BCUT2D eigenvalue weighted by Gasteiger charge is 2.64. The second-order valence-corrected chi connectivity index (χ2v) is 12.7. The van der Waals surface area contributed by atoms with E-state index in [1.54, 1.807) is 18.7 Å². The Labute approximate surface area is 290 Å². The van der Waals surface area contributed by atoms with Gasteiger partial charge < -0.3 is 29.3 Å². The van der Waals surface area contributed by atoms with Crippen molar-refractivity contribution < 1.29 is 64.9 Å². The van der Waals surface area contributed by atoms with Crippen LogP contribution in [0.5, 0.6) is 0 Å². The number of ether oxygens (including phenoxy) is 3. The molecule has 3 atom stereocenters. The molecule has 0 radical (unpaired) electrons. The van der Waals surface area contributed by atoms with Gasteiger partial charge in [0.25, 0.3) is 11.8 Å². The zero-order valence-corrected chi connectivity index (χ0v) is 28.9. The number of hydrogen-bond acceptors (Lipinski definition) is 10. The first kappa shape index (κ1) is 40.8. The normalized spacial score (nSPS) is 19.3. The highest BCUT2D eigenvalue weighted by Crippen LogP contribution is 2.45. The second-order valence-electron chi connectivity index (χ2n) is 12.7. The molecule has 2 N–H and O–H groups in total. The van der Waals surface area contributed by atoms with Gasteiger partial charge in [0.1, 0.15) is 18.2 Å². The lowest BCUT2D eigenvalue weighted by atomic mass is 10.0. The number of amides is 4. The number of hydrogen-bond donors (Lipinski definition) is 2. The number of morpholine rings is 1. The van der Waals surface area contributed by atoms with Crippen LogP contribution < -0.4 is 10.6 Å². The third-order valence-electron chi connectivity index (χ3n) is 8.05. The summed E-state index contributed by atoms with van der Waals surface area (Å²) < 4.78 is 85.4. The summed E-state index contributed by atoms with van der Waals surface area (Å²) in [5, 5.41) is 4.61. The minimum Gasteiger partial charge on any atom is -0.461 e. The predicted octanol–water partition coefficient (Wildman–Crippen LogP) is 3.19. The molecule has 1 aromatic carbocycles. The molecule has 0 bridgehead atoms. The van der Waals surface area contributed by atoms with Crippen LogP contribution >= 0.6 is 0 Å². The number of imide groups is 1. The number of nitrogens with one attached hydrogen (secondary N) is 2. The van der Waals surface area contributed by atoms with E-state index in [-0.39, 0.29) is 11.5 Å². The van der Waals surface area contributed by atoms with Crippen LogP contribution in [-0.4, -0.2) is 109 Å². The van der Waals surface area contributed by atoms with E-state index >= 15 is 0 Å². The van der Waals surface area contributed by atoms with Crippen LogP contribution in [0.2, 0.25) is 0 Å². The minimum absolute atomic E-state index is 0.0831. The molecular formula is C33H41F5N4O9. The van der Waals surface area contributed by atoms with Crippen molar-refractivity contribution in [2.24, 2.45) is 11.8 Å². The van der Waals surface area contributed by atoms with Crippen LogP contribution in [0.4, 0.5) is 22.0 Å². The summed E-state index contributed by atoms with van der Waals surface area (Å²) in [4.78, 5) is 78.8. The van der Waals surface area contributed by atoms with E-state index in [0.717, 1.165) is 11.8 Å². The number of nitrogens with zero attached hydrogens (tertiary/aromatic N) is 2. The SMILES string of the molecule is CC(=O)O/C(=C(/C(C)C)N1C[C@H](OC(C)=O)C[C@H]1C(=O)NC(=O)[C@@H](NC(=O)c1ccc(C(=O)N2CCOCC2)cc1)C(C)C)C(F)(F)C(F)(F)F. The van der Waals surface area contributed by atoms with Crippen molar-refractivity contribution in [3.05, 3.63) is 46.8 Å². The number of likely N-dealkylation sites (tertiary alicyclic amines) is 1. The summed E-state index contributed by atoms with van der Waals surface area (Å²) in [5.41, 5.74) is -0.469. The van der Waals surface area contributed by atoms with Crippen molar-refractivity contribution >= 4 is 35.6 Å². The molecule has 18 heteroatoms. The van der Waals surface area contributed by atoms with Crippen LogP contribution in [0, 0.1) is 11.8 Å². The molecule has 2 heterocycles. The average molecular weight is 733 g/mol. The van der Waals surface area contributed by atoms with E-state index in [0.29, 0.717) is 38.8 Å². The third kappa shape index (κ3) is 10.0. The minimum atomic E-state index is -6.21. The Morgan fingerprint density at radius 3 is 1.94 bits per heavy atom. The van der Waals surface area contributed by atoms with Crippen molar-refractivity contribution in [1.29, 1.82) is 0 Å². The summed E-state index contributed by atoms with van der Waals surface area (Å²) in [6.45, 7) is 8.27. The summed E-state index contributed by atoms with van der Waals surface area (Å²) in [5.74, 6) is -15.1. The smallest absolute Gasteiger partial charge is 0.461 e. The van der Waals surface area contributed by atoms with Gasteiger partial charge in [0, 0.05) is 44.5 Å². The monoisotopic (exact) mass is 732 g/mol. The van der Waals surface area contributed by atoms with Crippen molar-refractivity contribution in [2.45, 2.75) is 78.2 Å². The molecule has 282 valence electrons. The summed E-state index contributed by atoms with van der Waals surface area (Å²) in [7, 11) is 0. The Hall–Kier alpha value is -4.61. The number of rotatable bonds is 11. The van der Waals surface area contributed by atoms with Gasteiger partial charge >= 0.3 is 24.0 Å². The fourth-order valence-electron chi connectivity index (χ4n) is 5.66. The topological polar surface area (TPSA) is 161 Å². The lowest BCUT2D eigenvalue weighted by Gasteiger charge is -2.34. The molecule has 2 saturated heterocycles. The number of benzene rings is 1. The zero-order chi connectivity index (χ0) is 38.4. The lowest BCUT2D eigenvalue weighted by Crippen LogP contribution is -2.54. The number of carbonyl (C=O) groups excluding carboxylic acids is 6. The van der Waals surface area contributed by atoms with Gasteiger partial charge in [0.05, 0.1) is 25.5 Å². The van der Waals surface area contributed by atoms with E-state index in [2.05, 4.69) is 15.4 Å².